The Morgan fingerprint density at radius 3 is 2.34 bits per heavy atom. The smallest absolute Gasteiger partial charge is 0.243 e. The minimum atomic E-state index is -3.66. The van der Waals surface area contributed by atoms with Crippen molar-refractivity contribution in [1.29, 1.82) is 0 Å². The van der Waals surface area contributed by atoms with E-state index in [2.05, 4.69) is 5.32 Å². The summed E-state index contributed by atoms with van der Waals surface area (Å²) < 4.78 is 36.6. The van der Waals surface area contributed by atoms with E-state index in [4.69, 9.17) is 9.47 Å². The number of nitrogens with zero attached hydrogens (tertiary/aromatic N) is 1. The lowest BCUT2D eigenvalue weighted by molar-refractivity contribution is -0.122. The monoisotopic (exact) mass is 420 g/mol. The number of hydrogen-bond acceptors (Lipinski definition) is 5. The lowest BCUT2D eigenvalue weighted by Crippen LogP contribution is -2.48. The third kappa shape index (κ3) is 7.07. The molecule has 1 atom stereocenters. The zero-order valence-corrected chi connectivity index (χ0v) is 17.8. The Balaban J connectivity index is 1.92. The highest BCUT2D eigenvalue weighted by molar-refractivity contribution is 7.92. The topological polar surface area (TPSA) is 84.9 Å². The van der Waals surface area contributed by atoms with Crippen LogP contribution in [0.5, 0.6) is 5.75 Å². The van der Waals surface area contributed by atoms with Crippen LogP contribution >= 0.6 is 0 Å². The van der Waals surface area contributed by atoms with Gasteiger partial charge < -0.3 is 14.8 Å². The maximum absolute atomic E-state index is 12.5. The number of carbonyl (C=O) groups is 1. The largest absolute Gasteiger partial charge is 0.494 e. The molecule has 2 aromatic rings. The molecule has 0 saturated heterocycles. The van der Waals surface area contributed by atoms with E-state index in [9.17, 15) is 13.2 Å². The average Bonchev–Trinajstić information content (AvgIpc) is 2.69. The second-order valence-electron chi connectivity index (χ2n) is 6.49. The highest BCUT2D eigenvalue weighted by Gasteiger charge is 2.28. The zero-order chi connectivity index (χ0) is 21.3. The van der Waals surface area contributed by atoms with Crippen molar-refractivity contribution in [2.45, 2.75) is 26.5 Å². The van der Waals surface area contributed by atoms with Crippen molar-refractivity contribution < 1.29 is 22.7 Å². The van der Waals surface area contributed by atoms with Crippen LogP contribution < -0.4 is 14.4 Å². The number of carbonyl (C=O) groups excluding carboxylic acids is 1. The van der Waals surface area contributed by atoms with E-state index in [0.29, 0.717) is 31.3 Å². The summed E-state index contributed by atoms with van der Waals surface area (Å²) in [6.07, 6.45) is 1.08. The molecule has 8 heteroatoms. The van der Waals surface area contributed by atoms with Crippen LogP contribution in [0.3, 0.4) is 0 Å². The predicted molar refractivity (Wildman–Crippen MR) is 114 cm³/mol. The van der Waals surface area contributed by atoms with Crippen LogP contribution in [-0.2, 0) is 26.2 Å². The zero-order valence-electron chi connectivity index (χ0n) is 17.0. The Bertz CT molecular complexity index is 870. The Morgan fingerprint density at radius 2 is 1.76 bits per heavy atom. The molecule has 0 aromatic heterocycles. The number of ether oxygens (including phenoxy) is 2. The number of sulfonamides is 1. The van der Waals surface area contributed by atoms with Crippen molar-refractivity contribution in [2.75, 3.05) is 30.3 Å². The van der Waals surface area contributed by atoms with E-state index in [1.807, 2.05) is 37.3 Å². The fourth-order valence-electron chi connectivity index (χ4n) is 2.82. The lowest BCUT2D eigenvalue weighted by Gasteiger charge is -2.28. The average molecular weight is 421 g/mol. The second-order valence-corrected chi connectivity index (χ2v) is 8.35. The van der Waals surface area contributed by atoms with Gasteiger partial charge >= 0.3 is 0 Å². The fraction of sp³-hybridized carbons (Fsp3) is 0.381. The molecule has 0 bridgehead atoms. The number of hydrogen-bond donors (Lipinski definition) is 1. The van der Waals surface area contributed by atoms with Gasteiger partial charge in [-0.1, -0.05) is 30.3 Å². The van der Waals surface area contributed by atoms with E-state index in [1.165, 1.54) is 0 Å². The lowest BCUT2D eigenvalue weighted by atomic mass is 10.2. The number of rotatable bonds is 11. The molecular weight excluding hydrogens is 392 g/mol. The molecular formula is C21H28N2O5S. The molecule has 2 rings (SSSR count). The minimum absolute atomic E-state index is 0.289. The van der Waals surface area contributed by atoms with Crippen molar-refractivity contribution in [3.8, 4) is 5.75 Å². The molecule has 1 N–H and O–H groups in total. The maximum Gasteiger partial charge on any atom is 0.243 e. The summed E-state index contributed by atoms with van der Waals surface area (Å²) >= 11 is 0. The molecule has 1 amide bonds. The minimum Gasteiger partial charge on any atom is -0.494 e. The van der Waals surface area contributed by atoms with E-state index < -0.39 is 22.0 Å². The summed E-state index contributed by atoms with van der Waals surface area (Å²) in [6, 6.07) is 15.4. The highest BCUT2D eigenvalue weighted by atomic mass is 32.2. The molecule has 29 heavy (non-hydrogen) atoms. The van der Waals surface area contributed by atoms with Crippen molar-refractivity contribution >= 4 is 21.6 Å². The number of amides is 1. The standard InChI is InChI=1S/C21H28N2O5S/c1-4-28-20-12-10-19(11-13-20)23(29(3,25)26)17(2)21(24)22-14-15-27-16-18-8-6-5-7-9-18/h5-13,17H,4,14-16H2,1-3H3,(H,22,24)/t17-/m1/s1. The van der Waals surface area contributed by atoms with Gasteiger partial charge in [-0.15, -0.1) is 0 Å². The Morgan fingerprint density at radius 1 is 1.10 bits per heavy atom. The van der Waals surface area contributed by atoms with Gasteiger partial charge in [0.2, 0.25) is 15.9 Å². The van der Waals surface area contributed by atoms with Gasteiger partial charge in [0, 0.05) is 6.54 Å². The van der Waals surface area contributed by atoms with Crippen LogP contribution in [0, 0.1) is 0 Å². The summed E-state index contributed by atoms with van der Waals surface area (Å²) in [5.74, 6) is 0.241. The molecule has 7 nitrogen and oxygen atoms in total. The number of anilines is 1. The molecule has 2 aromatic carbocycles. The first-order valence-corrected chi connectivity index (χ1v) is 11.3. The molecule has 0 saturated carbocycles. The normalized spacial score (nSPS) is 12.2. The molecule has 0 aliphatic carbocycles. The van der Waals surface area contributed by atoms with Gasteiger partial charge in [0.15, 0.2) is 0 Å². The van der Waals surface area contributed by atoms with E-state index in [1.54, 1.807) is 31.2 Å². The molecule has 0 spiro atoms. The van der Waals surface area contributed by atoms with Crippen LogP contribution in [0.4, 0.5) is 5.69 Å². The van der Waals surface area contributed by atoms with Crippen molar-refractivity contribution in [3.63, 3.8) is 0 Å². The third-order valence-electron chi connectivity index (χ3n) is 4.15. The number of benzene rings is 2. The third-order valence-corrected chi connectivity index (χ3v) is 5.39. The van der Waals surface area contributed by atoms with Crippen LogP contribution in [0.15, 0.2) is 54.6 Å². The first-order chi connectivity index (χ1) is 13.8. The SMILES string of the molecule is CCOc1ccc(N([C@H](C)C(=O)NCCOCc2ccccc2)S(C)(=O)=O)cc1. The van der Waals surface area contributed by atoms with Gasteiger partial charge in [-0.05, 0) is 43.7 Å². The van der Waals surface area contributed by atoms with Gasteiger partial charge in [0.25, 0.3) is 0 Å². The fourth-order valence-corrected chi connectivity index (χ4v) is 4.00. The van der Waals surface area contributed by atoms with Crippen LogP contribution in [0.1, 0.15) is 19.4 Å². The number of nitrogens with one attached hydrogen (secondary N) is 1. The summed E-state index contributed by atoms with van der Waals surface area (Å²) in [5, 5.41) is 2.73. The quantitative estimate of drug-likeness (QED) is 0.565. The molecule has 0 radical (unpaired) electrons. The van der Waals surface area contributed by atoms with E-state index in [0.717, 1.165) is 16.1 Å². The van der Waals surface area contributed by atoms with Gasteiger partial charge in [0.05, 0.1) is 31.8 Å². The molecule has 0 unspecified atom stereocenters. The van der Waals surface area contributed by atoms with Crippen LogP contribution in [0.25, 0.3) is 0 Å². The van der Waals surface area contributed by atoms with Gasteiger partial charge in [0.1, 0.15) is 11.8 Å². The maximum atomic E-state index is 12.5. The van der Waals surface area contributed by atoms with Gasteiger partial charge in [-0.2, -0.15) is 0 Å². The van der Waals surface area contributed by atoms with Crippen LogP contribution in [-0.4, -0.2) is 46.4 Å². The molecule has 0 fully saturated rings. The first-order valence-electron chi connectivity index (χ1n) is 9.44. The Kier molecular flexibility index (Phi) is 8.48. The van der Waals surface area contributed by atoms with E-state index >= 15 is 0 Å². The van der Waals surface area contributed by atoms with Crippen molar-refractivity contribution in [3.05, 3.63) is 60.2 Å². The molecule has 158 valence electrons. The molecule has 0 heterocycles. The van der Waals surface area contributed by atoms with Crippen LogP contribution in [0.2, 0.25) is 0 Å². The molecule has 0 aliphatic rings. The van der Waals surface area contributed by atoms with E-state index in [-0.39, 0.29) is 6.54 Å². The van der Waals surface area contributed by atoms with Gasteiger partial charge in [-0.3, -0.25) is 9.10 Å². The predicted octanol–water partition coefficient (Wildman–Crippen LogP) is 2.57. The summed E-state index contributed by atoms with van der Waals surface area (Å²) in [6.45, 7) is 5.00. The summed E-state index contributed by atoms with van der Waals surface area (Å²) in [4.78, 5) is 12.5. The summed E-state index contributed by atoms with van der Waals surface area (Å²) in [7, 11) is -3.66. The van der Waals surface area contributed by atoms with Crippen molar-refractivity contribution in [2.24, 2.45) is 0 Å². The first kappa shape index (κ1) is 22.7. The van der Waals surface area contributed by atoms with Gasteiger partial charge in [-0.25, -0.2) is 8.42 Å². The second kappa shape index (κ2) is 10.8. The highest BCUT2D eigenvalue weighted by Crippen LogP contribution is 2.24. The van der Waals surface area contributed by atoms with Crippen molar-refractivity contribution in [1.82, 2.24) is 5.32 Å². The Labute approximate surface area is 172 Å². The molecule has 0 aliphatic heterocycles. The summed E-state index contributed by atoms with van der Waals surface area (Å²) in [5.41, 5.74) is 1.45. The Hall–Kier alpha value is -2.58.